The summed E-state index contributed by atoms with van der Waals surface area (Å²) in [6.45, 7) is 3.28. The van der Waals surface area contributed by atoms with Crippen LogP contribution in [0, 0.1) is 17.6 Å². The molecule has 1 aliphatic rings. The van der Waals surface area contributed by atoms with Crippen LogP contribution in [0.2, 0.25) is 0 Å². The molecule has 0 aliphatic carbocycles. The van der Waals surface area contributed by atoms with E-state index < -0.39 is 11.6 Å². The number of nitrogens with zero attached hydrogens (tertiary/aromatic N) is 1. The molecule has 118 valence electrons. The van der Waals surface area contributed by atoms with Gasteiger partial charge in [-0.3, -0.25) is 4.79 Å². The Labute approximate surface area is 129 Å². The number of piperidine rings is 1. The third kappa shape index (κ3) is 4.38. The Kier molecular flexibility index (Phi) is 6.55. The van der Waals surface area contributed by atoms with Gasteiger partial charge in [-0.2, -0.15) is 0 Å². The second-order valence-corrected chi connectivity index (χ2v) is 5.53. The number of nitrogens with two attached hydrogens (primary N) is 1. The van der Waals surface area contributed by atoms with Gasteiger partial charge in [-0.15, -0.1) is 12.4 Å². The zero-order valence-electron chi connectivity index (χ0n) is 12.0. The average Bonchev–Trinajstić information content (AvgIpc) is 2.42. The molecule has 2 unspecified atom stereocenters. The van der Waals surface area contributed by atoms with Crippen LogP contribution in [0.25, 0.3) is 0 Å². The summed E-state index contributed by atoms with van der Waals surface area (Å²) in [5, 5.41) is 0. The van der Waals surface area contributed by atoms with Crippen molar-refractivity contribution in [3.63, 3.8) is 0 Å². The summed E-state index contributed by atoms with van der Waals surface area (Å²) in [5.41, 5.74) is 6.22. The van der Waals surface area contributed by atoms with Crippen molar-refractivity contribution in [3.05, 3.63) is 35.4 Å². The maximum absolute atomic E-state index is 13.1. The summed E-state index contributed by atoms with van der Waals surface area (Å²) in [6, 6.07) is 3.63. The van der Waals surface area contributed by atoms with E-state index in [-0.39, 0.29) is 30.8 Å². The largest absolute Gasteiger partial charge is 0.338 e. The number of carbonyl (C=O) groups is 1. The molecule has 1 saturated heterocycles. The predicted molar refractivity (Wildman–Crippen MR) is 80.3 cm³/mol. The van der Waals surface area contributed by atoms with Gasteiger partial charge in [0.2, 0.25) is 5.91 Å². The SMILES string of the molecule is CC1CCN(C(=O)Cc2ccc(F)c(F)c2)C(CN)C1.Cl. The van der Waals surface area contributed by atoms with Gasteiger partial charge in [0.05, 0.1) is 6.42 Å². The second-order valence-electron chi connectivity index (χ2n) is 5.53. The molecular weight excluding hydrogens is 298 g/mol. The predicted octanol–water partition coefficient (Wildman–Crippen LogP) is 2.51. The van der Waals surface area contributed by atoms with Crippen molar-refractivity contribution in [2.45, 2.75) is 32.2 Å². The van der Waals surface area contributed by atoms with Gasteiger partial charge in [0, 0.05) is 19.1 Å². The van der Waals surface area contributed by atoms with Crippen molar-refractivity contribution in [1.29, 1.82) is 0 Å². The summed E-state index contributed by atoms with van der Waals surface area (Å²) >= 11 is 0. The molecule has 1 amide bonds. The van der Waals surface area contributed by atoms with E-state index in [9.17, 15) is 13.6 Å². The molecule has 2 rings (SSSR count). The molecule has 1 aromatic carbocycles. The summed E-state index contributed by atoms with van der Waals surface area (Å²) in [4.78, 5) is 14.1. The van der Waals surface area contributed by atoms with Gasteiger partial charge >= 0.3 is 0 Å². The highest BCUT2D eigenvalue weighted by atomic mass is 35.5. The van der Waals surface area contributed by atoms with Gasteiger partial charge < -0.3 is 10.6 Å². The average molecular weight is 319 g/mol. The van der Waals surface area contributed by atoms with E-state index in [2.05, 4.69) is 6.92 Å². The van der Waals surface area contributed by atoms with E-state index in [1.165, 1.54) is 6.07 Å². The molecule has 1 aliphatic heterocycles. The number of rotatable bonds is 3. The number of hydrogen-bond acceptors (Lipinski definition) is 2. The monoisotopic (exact) mass is 318 g/mol. The maximum atomic E-state index is 13.1. The Morgan fingerprint density at radius 1 is 1.38 bits per heavy atom. The quantitative estimate of drug-likeness (QED) is 0.931. The van der Waals surface area contributed by atoms with E-state index in [1.54, 1.807) is 4.90 Å². The molecule has 1 heterocycles. The van der Waals surface area contributed by atoms with Crippen LogP contribution in [0.5, 0.6) is 0 Å². The highest BCUT2D eigenvalue weighted by Gasteiger charge is 2.28. The molecule has 0 bridgehead atoms. The smallest absolute Gasteiger partial charge is 0.227 e. The highest BCUT2D eigenvalue weighted by molar-refractivity contribution is 5.85. The molecule has 2 atom stereocenters. The fraction of sp³-hybridized carbons (Fsp3) is 0.533. The maximum Gasteiger partial charge on any atom is 0.227 e. The number of carbonyl (C=O) groups excluding carboxylic acids is 1. The van der Waals surface area contributed by atoms with Crippen LogP contribution in [0.1, 0.15) is 25.3 Å². The van der Waals surface area contributed by atoms with Gasteiger partial charge in [-0.25, -0.2) is 8.78 Å². The van der Waals surface area contributed by atoms with Gasteiger partial charge in [0.25, 0.3) is 0 Å². The Balaban J connectivity index is 0.00000220. The van der Waals surface area contributed by atoms with Crippen molar-refractivity contribution >= 4 is 18.3 Å². The molecule has 0 saturated carbocycles. The number of amides is 1. The zero-order valence-corrected chi connectivity index (χ0v) is 12.8. The number of hydrogen-bond donors (Lipinski definition) is 1. The number of likely N-dealkylation sites (tertiary alicyclic amines) is 1. The van der Waals surface area contributed by atoms with Gasteiger partial charge in [0.15, 0.2) is 11.6 Å². The van der Waals surface area contributed by atoms with E-state index in [4.69, 9.17) is 5.73 Å². The third-order valence-electron chi connectivity index (χ3n) is 3.91. The molecule has 1 aromatic rings. The number of halogens is 3. The van der Waals surface area contributed by atoms with Crippen molar-refractivity contribution in [1.82, 2.24) is 4.90 Å². The van der Waals surface area contributed by atoms with Crippen LogP contribution < -0.4 is 5.73 Å². The molecule has 2 N–H and O–H groups in total. The lowest BCUT2D eigenvalue weighted by Crippen LogP contribution is -2.49. The van der Waals surface area contributed by atoms with Crippen LogP contribution >= 0.6 is 12.4 Å². The fourth-order valence-electron chi connectivity index (χ4n) is 2.73. The van der Waals surface area contributed by atoms with Crippen molar-refractivity contribution in [3.8, 4) is 0 Å². The van der Waals surface area contributed by atoms with E-state index >= 15 is 0 Å². The van der Waals surface area contributed by atoms with Crippen molar-refractivity contribution < 1.29 is 13.6 Å². The molecule has 0 spiro atoms. The summed E-state index contributed by atoms with van der Waals surface area (Å²) < 4.78 is 26.0. The van der Waals surface area contributed by atoms with Crippen molar-refractivity contribution in [2.24, 2.45) is 11.7 Å². The van der Waals surface area contributed by atoms with Crippen molar-refractivity contribution in [2.75, 3.05) is 13.1 Å². The fourth-order valence-corrected chi connectivity index (χ4v) is 2.73. The first kappa shape index (κ1) is 17.9. The minimum atomic E-state index is -0.919. The first-order valence-electron chi connectivity index (χ1n) is 6.94. The topological polar surface area (TPSA) is 46.3 Å². The molecular formula is C15H21ClF2N2O. The summed E-state index contributed by atoms with van der Waals surface area (Å²) in [7, 11) is 0. The Morgan fingerprint density at radius 2 is 2.10 bits per heavy atom. The van der Waals surface area contributed by atoms with Crippen LogP contribution in [0.15, 0.2) is 18.2 Å². The van der Waals surface area contributed by atoms with Crippen LogP contribution in [-0.2, 0) is 11.2 Å². The van der Waals surface area contributed by atoms with Crippen LogP contribution in [-0.4, -0.2) is 29.9 Å². The highest BCUT2D eigenvalue weighted by Crippen LogP contribution is 2.23. The first-order valence-corrected chi connectivity index (χ1v) is 6.94. The minimum absolute atomic E-state index is 0. The molecule has 1 fully saturated rings. The Bertz CT molecular complexity index is 499. The molecule has 3 nitrogen and oxygen atoms in total. The van der Waals surface area contributed by atoms with Gasteiger partial charge in [-0.1, -0.05) is 13.0 Å². The normalized spacial score (nSPS) is 21.8. The third-order valence-corrected chi connectivity index (χ3v) is 3.91. The van der Waals surface area contributed by atoms with Gasteiger partial charge in [-0.05, 0) is 36.5 Å². The summed E-state index contributed by atoms with van der Waals surface area (Å²) in [6.07, 6.45) is 1.95. The first-order chi connectivity index (χ1) is 9.51. The van der Waals surface area contributed by atoms with E-state index in [0.29, 0.717) is 24.6 Å². The lowest BCUT2D eigenvalue weighted by atomic mass is 9.92. The zero-order chi connectivity index (χ0) is 14.7. The lowest BCUT2D eigenvalue weighted by Gasteiger charge is -2.38. The molecule has 0 aromatic heterocycles. The van der Waals surface area contributed by atoms with Crippen LogP contribution in [0.3, 0.4) is 0 Å². The molecule has 21 heavy (non-hydrogen) atoms. The summed E-state index contributed by atoms with van der Waals surface area (Å²) in [5.74, 6) is -1.32. The minimum Gasteiger partial charge on any atom is -0.338 e. The Hall–Kier alpha value is -1.20. The van der Waals surface area contributed by atoms with Crippen LogP contribution in [0.4, 0.5) is 8.78 Å². The molecule has 0 radical (unpaired) electrons. The number of benzene rings is 1. The Morgan fingerprint density at radius 3 is 2.71 bits per heavy atom. The molecule has 6 heteroatoms. The second kappa shape index (κ2) is 7.71. The van der Waals surface area contributed by atoms with E-state index in [1.807, 2.05) is 0 Å². The standard InChI is InChI=1S/C15H20F2N2O.ClH/c1-10-4-5-19(12(6-10)9-18)15(20)8-11-2-3-13(16)14(17)7-11;/h2-3,7,10,12H,4-6,8-9,18H2,1H3;1H. The lowest BCUT2D eigenvalue weighted by molar-refractivity contribution is -0.134. The van der Waals surface area contributed by atoms with Gasteiger partial charge in [0.1, 0.15) is 0 Å². The van der Waals surface area contributed by atoms with E-state index in [0.717, 1.165) is 25.0 Å².